The van der Waals surface area contributed by atoms with Crippen LogP contribution in [0.1, 0.15) is 19.8 Å². The summed E-state index contributed by atoms with van der Waals surface area (Å²) in [6.07, 6.45) is 4.47. The summed E-state index contributed by atoms with van der Waals surface area (Å²) in [5, 5.41) is 11.7. The second kappa shape index (κ2) is 7.07. The maximum absolute atomic E-state index is 12.4. The molecular formula is C14H22N2O4. The van der Waals surface area contributed by atoms with Gasteiger partial charge in [-0.05, 0) is 12.8 Å². The zero-order valence-electron chi connectivity index (χ0n) is 12.1. The van der Waals surface area contributed by atoms with E-state index in [1.165, 1.54) is 4.90 Å². The maximum atomic E-state index is 12.4. The van der Waals surface area contributed by atoms with Crippen LogP contribution >= 0.6 is 0 Å². The SMILES string of the molecule is CNC(=O)C(C)CN(C)C(=O)C1CC=CCC1C(=O)O. The summed E-state index contributed by atoms with van der Waals surface area (Å²) in [7, 11) is 3.16. The summed E-state index contributed by atoms with van der Waals surface area (Å²) in [6.45, 7) is 2.02. The van der Waals surface area contributed by atoms with Gasteiger partial charge in [-0.1, -0.05) is 19.1 Å². The minimum atomic E-state index is -0.944. The summed E-state index contributed by atoms with van der Waals surface area (Å²) in [4.78, 5) is 36.5. The average Bonchev–Trinajstić information content (AvgIpc) is 2.45. The number of hydrogen-bond acceptors (Lipinski definition) is 3. The van der Waals surface area contributed by atoms with E-state index in [0.29, 0.717) is 12.8 Å². The van der Waals surface area contributed by atoms with Crippen molar-refractivity contribution < 1.29 is 19.5 Å². The van der Waals surface area contributed by atoms with E-state index in [1.54, 1.807) is 27.1 Å². The lowest BCUT2D eigenvalue weighted by Gasteiger charge is -2.29. The van der Waals surface area contributed by atoms with Crippen molar-refractivity contribution in [3.05, 3.63) is 12.2 Å². The molecule has 20 heavy (non-hydrogen) atoms. The van der Waals surface area contributed by atoms with Crippen molar-refractivity contribution >= 4 is 17.8 Å². The lowest BCUT2D eigenvalue weighted by Crippen LogP contribution is -2.43. The third-order valence-corrected chi connectivity index (χ3v) is 3.68. The highest BCUT2D eigenvalue weighted by Gasteiger charge is 2.35. The molecule has 1 aliphatic carbocycles. The van der Waals surface area contributed by atoms with Crippen molar-refractivity contribution in [1.29, 1.82) is 0 Å². The van der Waals surface area contributed by atoms with E-state index in [2.05, 4.69) is 5.32 Å². The fourth-order valence-electron chi connectivity index (χ4n) is 2.47. The zero-order chi connectivity index (χ0) is 15.3. The first-order chi connectivity index (χ1) is 9.38. The molecule has 3 atom stereocenters. The van der Waals surface area contributed by atoms with Gasteiger partial charge in [0.1, 0.15) is 0 Å². The molecule has 112 valence electrons. The van der Waals surface area contributed by atoms with Gasteiger partial charge in [-0.2, -0.15) is 0 Å². The Bertz CT molecular complexity index is 419. The Hall–Kier alpha value is -1.85. The molecule has 6 nitrogen and oxygen atoms in total. The van der Waals surface area contributed by atoms with Crippen molar-refractivity contribution in [1.82, 2.24) is 10.2 Å². The number of carbonyl (C=O) groups is 3. The fourth-order valence-corrected chi connectivity index (χ4v) is 2.47. The second-order valence-electron chi connectivity index (χ2n) is 5.23. The summed E-state index contributed by atoms with van der Waals surface area (Å²) < 4.78 is 0. The molecule has 0 aromatic carbocycles. The van der Waals surface area contributed by atoms with Crippen LogP contribution in [-0.2, 0) is 14.4 Å². The summed E-state index contributed by atoms with van der Waals surface area (Å²) in [6, 6.07) is 0. The molecule has 6 heteroatoms. The Morgan fingerprint density at radius 3 is 2.35 bits per heavy atom. The van der Waals surface area contributed by atoms with Crippen LogP contribution in [0.2, 0.25) is 0 Å². The molecule has 2 amide bonds. The fraction of sp³-hybridized carbons (Fsp3) is 0.643. The Kier molecular flexibility index (Phi) is 5.73. The normalized spacial score (nSPS) is 22.9. The topological polar surface area (TPSA) is 86.7 Å². The van der Waals surface area contributed by atoms with Crippen LogP contribution in [0.4, 0.5) is 0 Å². The Labute approximate surface area is 118 Å². The third kappa shape index (κ3) is 3.82. The van der Waals surface area contributed by atoms with Gasteiger partial charge < -0.3 is 15.3 Å². The summed E-state index contributed by atoms with van der Waals surface area (Å²) >= 11 is 0. The molecule has 2 N–H and O–H groups in total. The molecular weight excluding hydrogens is 260 g/mol. The highest BCUT2D eigenvalue weighted by molar-refractivity contribution is 5.86. The number of carbonyl (C=O) groups excluding carboxylic acids is 2. The number of allylic oxidation sites excluding steroid dienone is 2. The van der Waals surface area contributed by atoms with Gasteiger partial charge in [-0.25, -0.2) is 0 Å². The predicted octanol–water partition coefficient (Wildman–Crippen LogP) is 0.494. The van der Waals surface area contributed by atoms with Crippen molar-refractivity contribution in [3.8, 4) is 0 Å². The van der Waals surface area contributed by atoms with Gasteiger partial charge >= 0.3 is 5.97 Å². The lowest BCUT2D eigenvalue weighted by molar-refractivity contribution is -0.150. The first-order valence-corrected chi connectivity index (χ1v) is 6.72. The van der Waals surface area contributed by atoms with Crippen molar-refractivity contribution in [2.45, 2.75) is 19.8 Å². The second-order valence-corrected chi connectivity index (χ2v) is 5.23. The number of carboxylic acid groups (broad SMARTS) is 1. The van der Waals surface area contributed by atoms with E-state index in [9.17, 15) is 19.5 Å². The lowest BCUT2D eigenvalue weighted by atomic mass is 9.82. The molecule has 1 aliphatic rings. The van der Waals surface area contributed by atoms with Gasteiger partial charge in [0, 0.05) is 20.6 Å². The molecule has 0 bridgehead atoms. The Balaban J connectivity index is 2.70. The molecule has 0 spiro atoms. The molecule has 1 rings (SSSR count). The number of nitrogens with zero attached hydrogens (tertiary/aromatic N) is 1. The van der Waals surface area contributed by atoms with Gasteiger partial charge in [0.25, 0.3) is 0 Å². The molecule has 0 saturated carbocycles. The van der Waals surface area contributed by atoms with E-state index in [1.807, 2.05) is 6.08 Å². The van der Waals surface area contributed by atoms with Crippen LogP contribution in [0.5, 0.6) is 0 Å². The number of aliphatic carboxylic acids is 1. The largest absolute Gasteiger partial charge is 0.481 e. The minimum Gasteiger partial charge on any atom is -0.481 e. The van der Waals surface area contributed by atoms with Crippen LogP contribution in [-0.4, -0.2) is 48.4 Å². The minimum absolute atomic E-state index is 0.136. The monoisotopic (exact) mass is 282 g/mol. The van der Waals surface area contributed by atoms with Crippen molar-refractivity contribution in [2.24, 2.45) is 17.8 Å². The molecule has 0 aliphatic heterocycles. The molecule has 3 unspecified atom stereocenters. The van der Waals surface area contributed by atoms with Gasteiger partial charge in [-0.3, -0.25) is 14.4 Å². The van der Waals surface area contributed by atoms with E-state index in [-0.39, 0.29) is 24.3 Å². The van der Waals surface area contributed by atoms with Gasteiger partial charge in [0.05, 0.1) is 17.8 Å². The number of amides is 2. The Morgan fingerprint density at radius 1 is 1.30 bits per heavy atom. The van der Waals surface area contributed by atoms with Gasteiger partial charge in [0.2, 0.25) is 11.8 Å². The van der Waals surface area contributed by atoms with E-state index in [0.717, 1.165) is 0 Å². The third-order valence-electron chi connectivity index (χ3n) is 3.68. The quantitative estimate of drug-likeness (QED) is 0.719. The standard InChI is InChI=1S/C14H22N2O4/c1-9(12(17)15-2)8-16(3)13(18)10-6-4-5-7-11(10)14(19)20/h4-5,9-11H,6-8H2,1-3H3,(H,15,17)(H,19,20). The number of carboxylic acids is 1. The zero-order valence-corrected chi connectivity index (χ0v) is 12.1. The van der Waals surface area contributed by atoms with Gasteiger partial charge in [-0.15, -0.1) is 0 Å². The smallest absolute Gasteiger partial charge is 0.307 e. The van der Waals surface area contributed by atoms with Gasteiger partial charge in [0.15, 0.2) is 0 Å². The van der Waals surface area contributed by atoms with Crippen LogP contribution < -0.4 is 5.32 Å². The van der Waals surface area contributed by atoms with Crippen LogP contribution in [0.15, 0.2) is 12.2 Å². The predicted molar refractivity (Wildman–Crippen MR) is 73.9 cm³/mol. The highest BCUT2D eigenvalue weighted by Crippen LogP contribution is 2.27. The number of rotatable bonds is 5. The molecule has 0 aromatic rings. The first-order valence-electron chi connectivity index (χ1n) is 6.72. The maximum Gasteiger partial charge on any atom is 0.307 e. The Morgan fingerprint density at radius 2 is 1.85 bits per heavy atom. The van der Waals surface area contributed by atoms with Crippen molar-refractivity contribution in [3.63, 3.8) is 0 Å². The molecule has 0 saturated heterocycles. The highest BCUT2D eigenvalue weighted by atomic mass is 16.4. The number of nitrogens with one attached hydrogen (secondary N) is 1. The molecule has 0 heterocycles. The van der Waals surface area contributed by atoms with Crippen LogP contribution in [0.3, 0.4) is 0 Å². The summed E-state index contributed by atoms with van der Waals surface area (Å²) in [5.41, 5.74) is 0. The van der Waals surface area contributed by atoms with Crippen LogP contribution in [0.25, 0.3) is 0 Å². The van der Waals surface area contributed by atoms with Crippen LogP contribution in [0, 0.1) is 17.8 Å². The number of hydrogen-bond donors (Lipinski definition) is 2. The first kappa shape index (κ1) is 16.2. The molecule has 0 radical (unpaired) electrons. The van der Waals surface area contributed by atoms with E-state index < -0.39 is 17.8 Å². The molecule has 0 aromatic heterocycles. The molecule has 0 fully saturated rings. The van der Waals surface area contributed by atoms with Crippen molar-refractivity contribution in [2.75, 3.05) is 20.6 Å². The summed E-state index contributed by atoms with van der Waals surface area (Å²) in [5.74, 6) is -2.83. The average molecular weight is 282 g/mol. The van der Waals surface area contributed by atoms with E-state index >= 15 is 0 Å². The van der Waals surface area contributed by atoms with E-state index in [4.69, 9.17) is 0 Å².